The van der Waals surface area contributed by atoms with E-state index in [1.165, 1.54) is 31.3 Å². The van der Waals surface area contributed by atoms with Gasteiger partial charge in [-0.1, -0.05) is 24.5 Å². The molecule has 0 spiro atoms. The lowest BCUT2D eigenvalue weighted by molar-refractivity contribution is -0.125. The molecular weight excluding hydrogens is 309 g/mol. The maximum absolute atomic E-state index is 12.2. The van der Waals surface area contributed by atoms with Gasteiger partial charge in [-0.25, -0.2) is 0 Å². The van der Waals surface area contributed by atoms with Crippen LogP contribution in [0.5, 0.6) is 0 Å². The van der Waals surface area contributed by atoms with E-state index in [9.17, 15) is 4.79 Å². The Labute approximate surface area is 140 Å². The lowest BCUT2D eigenvalue weighted by Gasteiger charge is -2.27. The third-order valence-corrected chi connectivity index (χ3v) is 4.22. The Hall–Kier alpha value is -0.290. The molecule has 1 unspecified atom stereocenters. The third kappa shape index (κ3) is 7.00. The number of hydrogen-bond acceptors (Lipinski definition) is 3. The molecular formula is C15H29Cl2N3O. The second-order valence-corrected chi connectivity index (χ2v) is 5.66. The number of likely N-dealkylation sites (tertiary alicyclic amines) is 1. The predicted octanol–water partition coefficient (Wildman–Crippen LogP) is 2.13. The first-order chi connectivity index (χ1) is 9.27. The second kappa shape index (κ2) is 11.3. The Morgan fingerprint density at radius 2 is 1.95 bits per heavy atom. The van der Waals surface area contributed by atoms with Crippen LogP contribution in [0.1, 0.15) is 39.0 Å². The highest BCUT2D eigenvalue weighted by Crippen LogP contribution is 2.12. The standard InChI is InChI=1S/C15H27N3O.2ClH/c1-13(18-10-4-2-3-5-11-18)15(19)17-12-14-6-8-16-9-7-14;;/h6,13,16H,2-5,7-12H2,1H3,(H,17,19);2*1H. The number of halogens is 2. The van der Waals surface area contributed by atoms with Gasteiger partial charge in [0, 0.05) is 13.1 Å². The zero-order valence-electron chi connectivity index (χ0n) is 12.9. The van der Waals surface area contributed by atoms with Crippen LogP contribution in [0.3, 0.4) is 0 Å². The molecule has 0 aromatic rings. The van der Waals surface area contributed by atoms with Crippen molar-refractivity contribution < 1.29 is 4.79 Å². The van der Waals surface area contributed by atoms with Crippen LogP contribution in [0.25, 0.3) is 0 Å². The minimum absolute atomic E-state index is 0. The van der Waals surface area contributed by atoms with Crippen molar-refractivity contribution in [1.29, 1.82) is 0 Å². The highest BCUT2D eigenvalue weighted by molar-refractivity contribution is 5.85. The monoisotopic (exact) mass is 337 g/mol. The molecule has 2 rings (SSSR count). The van der Waals surface area contributed by atoms with Crippen molar-refractivity contribution in [1.82, 2.24) is 15.5 Å². The topological polar surface area (TPSA) is 44.4 Å². The summed E-state index contributed by atoms with van der Waals surface area (Å²) in [4.78, 5) is 14.5. The Morgan fingerprint density at radius 1 is 1.29 bits per heavy atom. The predicted molar refractivity (Wildman–Crippen MR) is 92.6 cm³/mol. The lowest BCUT2D eigenvalue weighted by atomic mass is 10.1. The zero-order valence-corrected chi connectivity index (χ0v) is 14.5. The summed E-state index contributed by atoms with van der Waals surface area (Å²) in [5.74, 6) is 0.182. The molecule has 0 aliphatic carbocycles. The number of rotatable bonds is 4. The van der Waals surface area contributed by atoms with Gasteiger partial charge in [0.2, 0.25) is 5.91 Å². The summed E-state index contributed by atoms with van der Waals surface area (Å²) in [5, 5.41) is 6.38. The van der Waals surface area contributed by atoms with Crippen molar-refractivity contribution in [2.24, 2.45) is 0 Å². The van der Waals surface area contributed by atoms with E-state index in [-0.39, 0.29) is 36.8 Å². The zero-order chi connectivity index (χ0) is 13.5. The van der Waals surface area contributed by atoms with Gasteiger partial charge < -0.3 is 10.6 Å². The summed E-state index contributed by atoms with van der Waals surface area (Å²) in [6, 6.07) is 0.0143. The molecule has 2 N–H and O–H groups in total. The molecule has 0 aromatic heterocycles. The average Bonchev–Trinajstić information content (AvgIpc) is 2.74. The van der Waals surface area contributed by atoms with Gasteiger partial charge >= 0.3 is 0 Å². The molecule has 0 saturated carbocycles. The second-order valence-electron chi connectivity index (χ2n) is 5.66. The summed E-state index contributed by atoms with van der Waals surface area (Å²) in [7, 11) is 0. The Morgan fingerprint density at radius 3 is 2.52 bits per heavy atom. The van der Waals surface area contributed by atoms with Crippen LogP contribution in [0, 0.1) is 0 Å². The van der Waals surface area contributed by atoms with E-state index in [0.717, 1.165) is 39.1 Å². The van der Waals surface area contributed by atoms with Crippen LogP contribution in [0.4, 0.5) is 0 Å². The fraction of sp³-hybridized carbons (Fsp3) is 0.800. The van der Waals surface area contributed by atoms with E-state index in [1.807, 2.05) is 6.92 Å². The van der Waals surface area contributed by atoms with Gasteiger partial charge in [-0.05, 0) is 45.8 Å². The Balaban J connectivity index is 0.00000200. The van der Waals surface area contributed by atoms with Gasteiger partial charge in [-0.3, -0.25) is 9.69 Å². The van der Waals surface area contributed by atoms with Crippen LogP contribution in [0.15, 0.2) is 11.6 Å². The summed E-state index contributed by atoms with van der Waals surface area (Å²) >= 11 is 0. The Kier molecular flexibility index (Phi) is 11.1. The molecule has 6 heteroatoms. The summed E-state index contributed by atoms with van der Waals surface area (Å²) in [6.45, 7) is 6.87. The number of amides is 1. The molecule has 21 heavy (non-hydrogen) atoms. The van der Waals surface area contributed by atoms with Crippen molar-refractivity contribution in [3.63, 3.8) is 0 Å². The van der Waals surface area contributed by atoms with Crippen LogP contribution in [-0.4, -0.2) is 49.6 Å². The first kappa shape index (κ1) is 20.7. The molecule has 1 fully saturated rings. The van der Waals surface area contributed by atoms with E-state index in [1.54, 1.807) is 0 Å². The third-order valence-electron chi connectivity index (χ3n) is 4.22. The maximum atomic E-state index is 12.2. The van der Waals surface area contributed by atoms with E-state index < -0.39 is 0 Å². The van der Waals surface area contributed by atoms with Crippen molar-refractivity contribution in [2.45, 2.75) is 45.1 Å². The number of nitrogens with one attached hydrogen (secondary N) is 2. The minimum atomic E-state index is 0. The van der Waals surface area contributed by atoms with Crippen molar-refractivity contribution in [3.8, 4) is 0 Å². The molecule has 0 radical (unpaired) electrons. The molecule has 0 bridgehead atoms. The smallest absolute Gasteiger partial charge is 0.237 e. The average molecular weight is 338 g/mol. The van der Waals surface area contributed by atoms with E-state index in [0.29, 0.717) is 0 Å². The molecule has 1 amide bonds. The number of carbonyl (C=O) groups excluding carboxylic acids is 1. The van der Waals surface area contributed by atoms with Crippen molar-refractivity contribution in [3.05, 3.63) is 11.6 Å². The normalized spacial score (nSPS) is 21.1. The van der Waals surface area contributed by atoms with Gasteiger partial charge in [-0.2, -0.15) is 0 Å². The maximum Gasteiger partial charge on any atom is 0.237 e. The van der Waals surface area contributed by atoms with Gasteiger partial charge in [0.05, 0.1) is 6.04 Å². The van der Waals surface area contributed by atoms with Crippen LogP contribution in [0.2, 0.25) is 0 Å². The summed E-state index contributed by atoms with van der Waals surface area (Å²) < 4.78 is 0. The highest BCUT2D eigenvalue weighted by atomic mass is 35.5. The quantitative estimate of drug-likeness (QED) is 0.772. The van der Waals surface area contributed by atoms with E-state index >= 15 is 0 Å². The van der Waals surface area contributed by atoms with Crippen LogP contribution >= 0.6 is 24.8 Å². The Bertz CT molecular complexity index is 329. The molecule has 2 aliphatic heterocycles. The first-order valence-corrected chi connectivity index (χ1v) is 7.68. The molecule has 124 valence electrons. The minimum Gasteiger partial charge on any atom is -0.351 e. The van der Waals surface area contributed by atoms with E-state index in [4.69, 9.17) is 0 Å². The summed E-state index contributed by atoms with van der Waals surface area (Å²) in [5.41, 5.74) is 1.36. The molecule has 1 saturated heterocycles. The molecule has 0 aromatic carbocycles. The fourth-order valence-electron chi connectivity index (χ4n) is 2.83. The van der Waals surface area contributed by atoms with Gasteiger partial charge in [0.25, 0.3) is 0 Å². The number of hydrogen-bond donors (Lipinski definition) is 2. The van der Waals surface area contributed by atoms with Crippen molar-refractivity contribution in [2.75, 3.05) is 32.7 Å². The fourth-order valence-corrected chi connectivity index (χ4v) is 2.83. The first-order valence-electron chi connectivity index (χ1n) is 7.68. The molecule has 2 heterocycles. The largest absolute Gasteiger partial charge is 0.351 e. The highest BCUT2D eigenvalue weighted by Gasteiger charge is 2.21. The SMILES string of the molecule is CC(C(=O)NCC1=CCNCC1)N1CCCCCC1.Cl.Cl. The number of nitrogens with zero attached hydrogens (tertiary/aromatic N) is 1. The van der Waals surface area contributed by atoms with E-state index in [2.05, 4.69) is 21.6 Å². The van der Waals surface area contributed by atoms with Gasteiger partial charge in [0.15, 0.2) is 0 Å². The molecule has 4 nitrogen and oxygen atoms in total. The van der Waals surface area contributed by atoms with Gasteiger partial charge in [0.1, 0.15) is 0 Å². The van der Waals surface area contributed by atoms with Crippen LogP contribution in [-0.2, 0) is 4.79 Å². The molecule has 2 aliphatic rings. The van der Waals surface area contributed by atoms with Gasteiger partial charge in [-0.15, -0.1) is 24.8 Å². The van der Waals surface area contributed by atoms with Crippen molar-refractivity contribution >= 4 is 30.7 Å². The summed E-state index contributed by atoms with van der Waals surface area (Å²) in [6.07, 6.45) is 8.33. The number of carbonyl (C=O) groups is 1. The molecule has 1 atom stereocenters. The lowest BCUT2D eigenvalue weighted by Crippen LogP contribution is -2.46. The van der Waals surface area contributed by atoms with Crippen LogP contribution < -0.4 is 10.6 Å².